The number of anilines is 2. The molecule has 3 heterocycles. The van der Waals surface area contributed by atoms with Crippen molar-refractivity contribution in [1.82, 2.24) is 15.0 Å². The van der Waals surface area contributed by atoms with Crippen LogP contribution in [-0.2, 0) is 17.9 Å². The summed E-state index contributed by atoms with van der Waals surface area (Å²) in [6.07, 6.45) is 2.31. The summed E-state index contributed by atoms with van der Waals surface area (Å²) in [4.78, 5) is 36.4. The Morgan fingerprint density at radius 3 is 2.64 bits per heavy atom. The molecule has 0 atom stereocenters. The summed E-state index contributed by atoms with van der Waals surface area (Å²) in [6, 6.07) is 13.1. The summed E-state index contributed by atoms with van der Waals surface area (Å²) >= 11 is 6.57. The van der Waals surface area contributed by atoms with Gasteiger partial charge in [-0.3, -0.25) is 14.5 Å². The zero-order valence-electron chi connectivity index (χ0n) is 18.3. The lowest BCUT2D eigenvalue weighted by Gasteiger charge is -2.23. The number of amides is 2. The lowest BCUT2D eigenvalue weighted by molar-refractivity contribution is -0.131. The van der Waals surface area contributed by atoms with Gasteiger partial charge in [0.05, 0.1) is 10.6 Å². The van der Waals surface area contributed by atoms with E-state index in [9.17, 15) is 9.59 Å². The number of halogens is 1. The fourth-order valence-corrected chi connectivity index (χ4v) is 4.67. The molecule has 1 aromatic heterocycles. The van der Waals surface area contributed by atoms with Crippen molar-refractivity contribution in [2.75, 3.05) is 29.4 Å². The van der Waals surface area contributed by atoms with Crippen molar-refractivity contribution in [3.8, 4) is 0 Å². The third-order valence-electron chi connectivity index (χ3n) is 6.08. The Balaban J connectivity index is 1.44. The Hall–Kier alpha value is -3.39. The van der Waals surface area contributed by atoms with E-state index in [0.29, 0.717) is 34.5 Å². The van der Waals surface area contributed by atoms with E-state index >= 15 is 0 Å². The highest BCUT2D eigenvalue weighted by Gasteiger charge is 2.31. The van der Waals surface area contributed by atoms with Gasteiger partial charge in [-0.2, -0.15) is 4.98 Å². The molecule has 8 nitrogen and oxygen atoms in total. The molecule has 5 rings (SSSR count). The maximum atomic E-state index is 13.6. The fourth-order valence-electron chi connectivity index (χ4n) is 4.41. The molecule has 33 heavy (non-hydrogen) atoms. The summed E-state index contributed by atoms with van der Waals surface area (Å²) < 4.78 is 5.20. The van der Waals surface area contributed by atoms with E-state index < -0.39 is 0 Å². The first kappa shape index (κ1) is 21.5. The van der Waals surface area contributed by atoms with Crippen LogP contribution in [0.5, 0.6) is 0 Å². The van der Waals surface area contributed by atoms with E-state index in [1.54, 1.807) is 17.9 Å². The standard InChI is InChI=1S/C24H24ClN5O3/c1-16-26-22(33-27-16)14-29-13-17-6-2-3-7-21(17)30(15-23(29)31)24(32)19-9-8-18(12-20(19)25)28-10-4-5-11-28/h2-3,6-9,12H,4-5,10-11,13-15H2,1H3. The first-order chi connectivity index (χ1) is 16.0. The molecule has 0 spiro atoms. The monoisotopic (exact) mass is 465 g/mol. The van der Waals surface area contributed by atoms with E-state index in [1.807, 2.05) is 36.4 Å². The number of para-hydroxylation sites is 1. The van der Waals surface area contributed by atoms with Crippen molar-refractivity contribution in [3.05, 3.63) is 70.3 Å². The van der Waals surface area contributed by atoms with E-state index in [1.165, 1.54) is 4.90 Å². The lowest BCUT2D eigenvalue weighted by atomic mass is 10.1. The quantitative estimate of drug-likeness (QED) is 0.582. The molecule has 2 aliphatic heterocycles. The van der Waals surface area contributed by atoms with Crippen LogP contribution < -0.4 is 9.80 Å². The number of hydrogen-bond acceptors (Lipinski definition) is 6. The highest BCUT2D eigenvalue weighted by atomic mass is 35.5. The largest absolute Gasteiger partial charge is 0.371 e. The molecule has 1 fully saturated rings. The Kier molecular flexibility index (Phi) is 5.76. The van der Waals surface area contributed by atoms with Crippen LogP contribution in [0.1, 0.15) is 40.5 Å². The molecule has 0 unspecified atom stereocenters. The van der Waals surface area contributed by atoms with E-state index in [2.05, 4.69) is 15.0 Å². The smallest absolute Gasteiger partial charge is 0.260 e. The number of carbonyl (C=O) groups is 2. The number of rotatable bonds is 4. The van der Waals surface area contributed by atoms with Gasteiger partial charge in [-0.25, -0.2) is 0 Å². The average molecular weight is 466 g/mol. The number of fused-ring (bicyclic) bond motifs is 1. The molecule has 9 heteroatoms. The van der Waals surface area contributed by atoms with Gasteiger partial charge in [-0.15, -0.1) is 0 Å². The molecule has 2 aliphatic rings. The minimum absolute atomic E-state index is 0.104. The maximum Gasteiger partial charge on any atom is 0.260 e. The highest BCUT2D eigenvalue weighted by molar-refractivity contribution is 6.35. The summed E-state index contributed by atoms with van der Waals surface area (Å²) in [5.74, 6) is 0.361. The number of benzene rings is 2. The van der Waals surface area contributed by atoms with Gasteiger partial charge in [0.2, 0.25) is 11.8 Å². The van der Waals surface area contributed by atoms with Gasteiger partial charge in [0.1, 0.15) is 13.1 Å². The van der Waals surface area contributed by atoms with Crippen molar-refractivity contribution in [3.63, 3.8) is 0 Å². The van der Waals surface area contributed by atoms with Gasteiger partial charge >= 0.3 is 0 Å². The molecule has 0 saturated carbocycles. The minimum atomic E-state index is -0.302. The number of nitrogens with zero attached hydrogens (tertiary/aromatic N) is 5. The molecular weight excluding hydrogens is 442 g/mol. The van der Waals surface area contributed by atoms with Gasteiger partial charge in [0.25, 0.3) is 5.91 Å². The summed E-state index contributed by atoms with van der Waals surface area (Å²) in [5, 5.41) is 4.18. The summed E-state index contributed by atoms with van der Waals surface area (Å²) in [6.45, 7) is 4.13. The molecule has 0 aliphatic carbocycles. The topological polar surface area (TPSA) is 82.8 Å². The van der Waals surface area contributed by atoms with Crippen LogP contribution in [0.2, 0.25) is 5.02 Å². The van der Waals surface area contributed by atoms with Crippen molar-refractivity contribution < 1.29 is 14.1 Å². The van der Waals surface area contributed by atoms with Crippen molar-refractivity contribution in [1.29, 1.82) is 0 Å². The second-order valence-electron chi connectivity index (χ2n) is 8.36. The van der Waals surface area contributed by atoms with Crippen LogP contribution in [0.3, 0.4) is 0 Å². The second kappa shape index (κ2) is 8.86. The van der Waals surface area contributed by atoms with Crippen LogP contribution in [0.15, 0.2) is 47.0 Å². The van der Waals surface area contributed by atoms with Gasteiger partial charge in [0, 0.05) is 31.0 Å². The van der Waals surface area contributed by atoms with Crippen LogP contribution in [-0.4, -0.2) is 46.5 Å². The predicted octanol–water partition coefficient (Wildman–Crippen LogP) is 3.82. The Labute approximate surface area is 196 Å². The molecule has 170 valence electrons. The van der Waals surface area contributed by atoms with Crippen LogP contribution in [0.4, 0.5) is 11.4 Å². The third kappa shape index (κ3) is 4.30. The number of aromatic nitrogens is 2. The van der Waals surface area contributed by atoms with Crippen LogP contribution in [0.25, 0.3) is 0 Å². The van der Waals surface area contributed by atoms with Crippen molar-refractivity contribution in [2.24, 2.45) is 0 Å². The van der Waals surface area contributed by atoms with Crippen LogP contribution >= 0.6 is 11.6 Å². The minimum Gasteiger partial charge on any atom is -0.371 e. The van der Waals surface area contributed by atoms with Gasteiger partial charge in [-0.05, 0) is 49.6 Å². The predicted molar refractivity (Wildman–Crippen MR) is 124 cm³/mol. The zero-order chi connectivity index (χ0) is 22.9. The lowest BCUT2D eigenvalue weighted by Crippen LogP contribution is -2.40. The molecule has 1 saturated heterocycles. The number of hydrogen-bond donors (Lipinski definition) is 0. The SMILES string of the molecule is Cc1noc(CN2Cc3ccccc3N(C(=O)c3ccc(N4CCCC4)cc3Cl)CC2=O)n1. The third-order valence-corrected chi connectivity index (χ3v) is 6.40. The molecule has 0 bridgehead atoms. The summed E-state index contributed by atoms with van der Waals surface area (Å²) in [7, 11) is 0. The van der Waals surface area contributed by atoms with Crippen molar-refractivity contribution >= 4 is 34.8 Å². The Bertz CT molecular complexity index is 1200. The second-order valence-corrected chi connectivity index (χ2v) is 8.77. The molecule has 2 aromatic carbocycles. The fraction of sp³-hybridized carbons (Fsp3) is 0.333. The molecular formula is C24H24ClN5O3. The van der Waals surface area contributed by atoms with E-state index in [-0.39, 0.29) is 24.9 Å². The highest BCUT2D eigenvalue weighted by Crippen LogP contribution is 2.31. The normalized spacial score (nSPS) is 16.2. The first-order valence-electron chi connectivity index (χ1n) is 11.0. The molecule has 3 aromatic rings. The zero-order valence-corrected chi connectivity index (χ0v) is 19.1. The Morgan fingerprint density at radius 2 is 1.91 bits per heavy atom. The van der Waals surface area contributed by atoms with Gasteiger partial charge in [0.15, 0.2) is 5.82 Å². The Morgan fingerprint density at radius 1 is 1.12 bits per heavy atom. The van der Waals surface area contributed by atoms with E-state index in [4.69, 9.17) is 16.1 Å². The van der Waals surface area contributed by atoms with Gasteiger partial charge < -0.3 is 14.3 Å². The van der Waals surface area contributed by atoms with Crippen molar-refractivity contribution in [2.45, 2.75) is 32.9 Å². The molecule has 0 radical (unpaired) electrons. The molecule has 2 amide bonds. The maximum absolute atomic E-state index is 13.6. The number of carbonyl (C=O) groups excluding carboxylic acids is 2. The molecule has 0 N–H and O–H groups in total. The van der Waals surface area contributed by atoms with Gasteiger partial charge in [-0.1, -0.05) is 35.0 Å². The number of aryl methyl sites for hydroxylation is 1. The van der Waals surface area contributed by atoms with E-state index in [0.717, 1.165) is 37.2 Å². The average Bonchev–Trinajstić information content (AvgIpc) is 3.46. The first-order valence-corrected chi connectivity index (χ1v) is 11.4. The summed E-state index contributed by atoms with van der Waals surface area (Å²) in [5.41, 5.74) is 2.95. The van der Waals surface area contributed by atoms with Crippen LogP contribution in [0, 0.1) is 6.92 Å².